The molecule has 3 heterocycles. The molecule has 3 aliphatic heterocycles. The summed E-state index contributed by atoms with van der Waals surface area (Å²) in [6.45, 7) is 4.54. The average molecular weight is 312 g/mol. The van der Waals surface area contributed by atoms with Gasteiger partial charge in [-0.1, -0.05) is 12.8 Å². The zero-order chi connectivity index (χ0) is 14.3. The topological polar surface area (TPSA) is 21.3 Å². The SMILES string of the molecule is C1CCC(C2CCC(C3CCCCSC3)COC2)CNC1. The summed E-state index contributed by atoms with van der Waals surface area (Å²) in [6, 6.07) is 0. The molecule has 2 nitrogen and oxygen atoms in total. The third-order valence-electron chi connectivity index (χ3n) is 5.94. The molecule has 3 aliphatic rings. The van der Waals surface area contributed by atoms with Gasteiger partial charge in [0.2, 0.25) is 0 Å². The van der Waals surface area contributed by atoms with Crippen molar-refractivity contribution in [3.05, 3.63) is 0 Å². The van der Waals surface area contributed by atoms with E-state index in [2.05, 4.69) is 17.1 Å². The van der Waals surface area contributed by atoms with Gasteiger partial charge in [0, 0.05) is 13.2 Å². The number of rotatable bonds is 2. The summed E-state index contributed by atoms with van der Waals surface area (Å²) in [5.41, 5.74) is 0. The van der Waals surface area contributed by atoms with Crippen molar-refractivity contribution in [1.29, 1.82) is 0 Å². The van der Waals surface area contributed by atoms with Gasteiger partial charge in [0.25, 0.3) is 0 Å². The lowest BCUT2D eigenvalue weighted by Crippen LogP contribution is -2.28. The van der Waals surface area contributed by atoms with Crippen LogP contribution in [0.5, 0.6) is 0 Å². The van der Waals surface area contributed by atoms with Gasteiger partial charge in [0.15, 0.2) is 0 Å². The van der Waals surface area contributed by atoms with Gasteiger partial charge in [-0.3, -0.25) is 0 Å². The Kier molecular flexibility index (Phi) is 6.75. The molecule has 0 aromatic carbocycles. The van der Waals surface area contributed by atoms with Gasteiger partial charge in [-0.25, -0.2) is 0 Å². The fraction of sp³-hybridized carbons (Fsp3) is 1.00. The fourth-order valence-corrected chi connectivity index (χ4v) is 5.77. The molecule has 0 spiro atoms. The van der Waals surface area contributed by atoms with E-state index in [-0.39, 0.29) is 0 Å². The number of ether oxygens (including phenoxy) is 1. The molecule has 3 rings (SSSR count). The van der Waals surface area contributed by atoms with Gasteiger partial charge in [-0.2, -0.15) is 11.8 Å². The van der Waals surface area contributed by atoms with Crippen LogP contribution in [0.3, 0.4) is 0 Å². The highest BCUT2D eigenvalue weighted by Crippen LogP contribution is 2.35. The summed E-state index contributed by atoms with van der Waals surface area (Å²) in [5, 5.41) is 3.64. The molecule has 0 aromatic heterocycles. The molecule has 4 atom stereocenters. The van der Waals surface area contributed by atoms with Crippen molar-refractivity contribution in [3.8, 4) is 0 Å². The van der Waals surface area contributed by atoms with E-state index in [0.717, 1.165) is 36.9 Å². The van der Waals surface area contributed by atoms with E-state index >= 15 is 0 Å². The Morgan fingerprint density at radius 1 is 0.762 bits per heavy atom. The van der Waals surface area contributed by atoms with Crippen molar-refractivity contribution >= 4 is 11.8 Å². The molecule has 3 heteroatoms. The largest absolute Gasteiger partial charge is 0.381 e. The molecule has 0 saturated carbocycles. The Bertz CT molecular complexity index is 255. The van der Waals surface area contributed by atoms with Crippen LogP contribution in [0, 0.1) is 23.7 Å². The number of hydrogen-bond acceptors (Lipinski definition) is 3. The molecule has 3 fully saturated rings. The van der Waals surface area contributed by atoms with E-state index < -0.39 is 0 Å². The lowest BCUT2D eigenvalue weighted by atomic mass is 9.81. The van der Waals surface area contributed by atoms with E-state index in [1.165, 1.54) is 76.0 Å². The van der Waals surface area contributed by atoms with Crippen molar-refractivity contribution in [3.63, 3.8) is 0 Å². The van der Waals surface area contributed by atoms with E-state index in [0.29, 0.717) is 0 Å². The van der Waals surface area contributed by atoms with E-state index in [9.17, 15) is 0 Å². The highest BCUT2D eigenvalue weighted by molar-refractivity contribution is 7.99. The van der Waals surface area contributed by atoms with Crippen molar-refractivity contribution in [2.75, 3.05) is 37.8 Å². The maximum absolute atomic E-state index is 6.17. The third kappa shape index (κ3) is 4.87. The molecule has 3 saturated heterocycles. The van der Waals surface area contributed by atoms with E-state index in [1.807, 2.05) is 0 Å². The Balaban J connectivity index is 1.50. The van der Waals surface area contributed by atoms with Crippen LogP contribution < -0.4 is 5.32 Å². The first-order valence-electron chi connectivity index (χ1n) is 9.29. The van der Waals surface area contributed by atoms with Gasteiger partial charge in [0.05, 0.1) is 0 Å². The minimum absolute atomic E-state index is 0.819. The van der Waals surface area contributed by atoms with Crippen LogP contribution in [0.15, 0.2) is 0 Å². The molecule has 21 heavy (non-hydrogen) atoms. The van der Waals surface area contributed by atoms with Crippen LogP contribution in [0.2, 0.25) is 0 Å². The normalized spacial score (nSPS) is 40.0. The second-order valence-electron chi connectivity index (χ2n) is 7.43. The smallest absolute Gasteiger partial charge is 0.0497 e. The first-order chi connectivity index (χ1) is 10.4. The van der Waals surface area contributed by atoms with Crippen LogP contribution in [-0.4, -0.2) is 37.8 Å². The van der Waals surface area contributed by atoms with Gasteiger partial charge < -0.3 is 10.1 Å². The first kappa shape index (κ1) is 16.1. The van der Waals surface area contributed by atoms with Gasteiger partial charge in [0.1, 0.15) is 0 Å². The second kappa shape index (κ2) is 8.79. The quantitative estimate of drug-likeness (QED) is 0.834. The molecule has 0 aromatic rings. The zero-order valence-corrected chi connectivity index (χ0v) is 14.3. The van der Waals surface area contributed by atoms with Crippen LogP contribution in [-0.2, 0) is 4.74 Å². The Hall–Kier alpha value is 0.270. The second-order valence-corrected chi connectivity index (χ2v) is 8.58. The molecule has 0 aliphatic carbocycles. The summed E-state index contributed by atoms with van der Waals surface area (Å²) < 4.78 is 6.17. The standard InChI is InChI=1S/C18H33NOS/c1-3-9-19-11-15(5-1)16-7-8-17(13-20-12-16)18-6-2-4-10-21-14-18/h15-19H,1-14H2. The predicted octanol–water partition coefficient (Wildman–Crippen LogP) is 3.95. The van der Waals surface area contributed by atoms with Crippen molar-refractivity contribution in [2.45, 2.75) is 51.4 Å². The van der Waals surface area contributed by atoms with E-state index in [1.54, 1.807) is 0 Å². The number of thioether (sulfide) groups is 1. The molecular formula is C18H33NOS. The fourth-order valence-electron chi connectivity index (χ4n) is 4.46. The van der Waals surface area contributed by atoms with Crippen molar-refractivity contribution in [2.24, 2.45) is 23.7 Å². The maximum atomic E-state index is 6.17. The lowest BCUT2D eigenvalue weighted by Gasteiger charge is -2.25. The van der Waals surface area contributed by atoms with Crippen LogP contribution >= 0.6 is 11.8 Å². The molecule has 0 radical (unpaired) electrons. The van der Waals surface area contributed by atoms with E-state index in [4.69, 9.17) is 4.74 Å². The molecule has 0 amide bonds. The molecule has 0 bridgehead atoms. The van der Waals surface area contributed by atoms with Crippen molar-refractivity contribution in [1.82, 2.24) is 5.32 Å². The predicted molar refractivity (Wildman–Crippen MR) is 91.9 cm³/mol. The maximum Gasteiger partial charge on any atom is 0.0497 e. The molecule has 122 valence electrons. The summed E-state index contributed by atoms with van der Waals surface area (Å²) in [7, 11) is 0. The minimum atomic E-state index is 0.819. The average Bonchev–Trinajstić information content (AvgIpc) is 3.01. The van der Waals surface area contributed by atoms with Gasteiger partial charge in [-0.05, 0) is 86.8 Å². The van der Waals surface area contributed by atoms with Crippen LogP contribution in [0.4, 0.5) is 0 Å². The Labute approximate surface area is 135 Å². The summed E-state index contributed by atoms with van der Waals surface area (Å²) in [4.78, 5) is 0. The third-order valence-corrected chi connectivity index (χ3v) is 7.18. The summed E-state index contributed by atoms with van der Waals surface area (Å²) in [5.74, 6) is 6.25. The number of nitrogens with one attached hydrogen (secondary N) is 1. The highest BCUT2D eigenvalue weighted by atomic mass is 32.2. The molecular weight excluding hydrogens is 278 g/mol. The summed E-state index contributed by atoms with van der Waals surface area (Å²) >= 11 is 2.19. The van der Waals surface area contributed by atoms with Crippen LogP contribution in [0.1, 0.15) is 51.4 Å². The Morgan fingerprint density at radius 2 is 1.52 bits per heavy atom. The summed E-state index contributed by atoms with van der Waals surface area (Å²) in [6.07, 6.45) is 11.4. The first-order valence-corrected chi connectivity index (χ1v) is 10.4. The van der Waals surface area contributed by atoms with Crippen molar-refractivity contribution < 1.29 is 4.74 Å². The van der Waals surface area contributed by atoms with Gasteiger partial charge in [-0.15, -0.1) is 0 Å². The Morgan fingerprint density at radius 3 is 2.43 bits per heavy atom. The minimum Gasteiger partial charge on any atom is -0.381 e. The van der Waals surface area contributed by atoms with Crippen LogP contribution in [0.25, 0.3) is 0 Å². The molecule has 4 unspecified atom stereocenters. The zero-order valence-electron chi connectivity index (χ0n) is 13.5. The monoisotopic (exact) mass is 311 g/mol. The molecule has 1 N–H and O–H groups in total. The highest BCUT2D eigenvalue weighted by Gasteiger charge is 2.30. The number of hydrogen-bond donors (Lipinski definition) is 1. The lowest BCUT2D eigenvalue weighted by molar-refractivity contribution is 0.0660. The van der Waals surface area contributed by atoms with Gasteiger partial charge >= 0.3 is 0 Å².